The Morgan fingerprint density at radius 1 is 1.00 bits per heavy atom. The Labute approximate surface area is 147 Å². The highest BCUT2D eigenvalue weighted by Gasteiger charge is 2.17. The van der Waals surface area contributed by atoms with Gasteiger partial charge in [0, 0.05) is 24.9 Å². The molecule has 1 aliphatic heterocycles. The van der Waals surface area contributed by atoms with Crippen LogP contribution in [0.25, 0.3) is 0 Å². The summed E-state index contributed by atoms with van der Waals surface area (Å²) in [5, 5.41) is 6.53. The molecule has 0 unspecified atom stereocenters. The van der Waals surface area contributed by atoms with Gasteiger partial charge in [-0.2, -0.15) is 0 Å². The lowest BCUT2D eigenvalue weighted by Crippen LogP contribution is -3.08. The molecule has 3 nitrogen and oxygen atoms in total. The molecule has 1 heterocycles. The van der Waals surface area contributed by atoms with Gasteiger partial charge in [0.15, 0.2) is 5.11 Å². The molecule has 0 amide bonds. The van der Waals surface area contributed by atoms with Crippen LogP contribution in [0.3, 0.4) is 0 Å². The Kier molecular flexibility index (Phi) is 5.77. The molecule has 1 saturated heterocycles. The van der Waals surface area contributed by atoms with E-state index in [0.29, 0.717) is 17.3 Å². The van der Waals surface area contributed by atoms with Crippen molar-refractivity contribution in [2.24, 2.45) is 0 Å². The number of thiocarbonyl (C=S) groups is 1. The molecule has 126 valence electrons. The Morgan fingerprint density at radius 3 is 2.42 bits per heavy atom. The largest absolute Gasteiger partial charge is 0.358 e. The molecule has 2 aromatic rings. The quantitative estimate of drug-likeness (QED) is 0.728. The fourth-order valence-electron chi connectivity index (χ4n) is 3.13. The first-order chi connectivity index (χ1) is 11.7. The van der Waals surface area contributed by atoms with Gasteiger partial charge in [0.1, 0.15) is 12.4 Å². The summed E-state index contributed by atoms with van der Waals surface area (Å²) < 4.78 is 13.7. The van der Waals surface area contributed by atoms with E-state index in [0.717, 1.165) is 6.54 Å². The van der Waals surface area contributed by atoms with Gasteiger partial charge in [-0.15, -0.1) is 0 Å². The zero-order chi connectivity index (χ0) is 16.8. The van der Waals surface area contributed by atoms with E-state index >= 15 is 0 Å². The number of hydrogen-bond donors (Lipinski definition) is 3. The van der Waals surface area contributed by atoms with Gasteiger partial charge in [-0.25, -0.2) is 4.39 Å². The molecule has 2 aromatic carbocycles. The van der Waals surface area contributed by atoms with Crippen LogP contribution in [0.1, 0.15) is 24.0 Å². The molecule has 0 radical (unpaired) electrons. The molecule has 1 fully saturated rings. The number of quaternary nitrogens is 1. The van der Waals surface area contributed by atoms with Gasteiger partial charge in [0.05, 0.1) is 18.8 Å². The fourth-order valence-corrected chi connectivity index (χ4v) is 3.31. The maximum Gasteiger partial charge on any atom is 0.171 e. The standard InChI is InChI=1S/C19H22FN3S/c20-17-9-3-4-10-18(17)22-19(24)21-13-15-7-1-2-8-16(15)14-23-11-5-6-12-23/h1-4,7-10H,5-6,11-14H2,(H2,21,22,24)/p+1. The first kappa shape index (κ1) is 16.9. The predicted octanol–water partition coefficient (Wildman–Crippen LogP) is 2.49. The second-order valence-electron chi connectivity index (χ2n) is 6.19. The monoisotopic (exact) mass is 344 g/mol. The topological polar surface area (TPSA) is 28.5 Å². The highest BCUT2D eigenvalue weighted by Crippen LogP contribution is 2.12. The number of anilines is 1. The van der Waals surface area contributed by atoms with Crippen LogP contribution in [0, 0.1) is 5.82 Å². The van der Waals surface area contributed by atoms with Crippen molar-refractivity contribution in [2.45, 2.75) is 25.9 Å². The molecule has 5 heteroatoms. The van der Waals surface area contributed by atoms with E-state index in [9.17, 15) is 4.39 Å². The van der Waals surface area contributed by atoms with Crippen LogP contribution < -0.4 is 15.5 Å². The number of halogens is 1. The number of benzene rings is 2. The van der Waals surface area contributed by atoms with Crippen molar-refractivity contribution in [2.75, 3.05) is 18.4 Å². The molecule has 0 bridgehead atoms. The minimum Gasteiger partial charge on any atom is -0.358 e. The van der Waals surface area contributed by atoms with Crippen LogP contribution in [0.2, 0.25) is 0 Å². The molecule has 0 saturated carbocycles. The summed E-state index contributed by atoms with van der Waals surface area (Å²) in [7, 11) is 0. The minimum atomic E-state index is -0.306. The highest BCUT2D eigenvalue weighted by atomic mass is 32.1. The van der Waals surface area contributed by atoms with Gasteiger partial charge < -0.3 is 15.5 Å². The smallest absolute Gasteiger partial charge is 0.171 e. The number of likely N-dealkylation sites (tertiary alicyclic amines) is 1. The van der Waals surface area contributed by atoms with Crippen molar-refractivity contribution in [3.8, 4) is 0 Å². The van der Waals surface area contributed by atoms with Gasteiger partial charge >= 0.3 is 0 Å². The molecule has 0 aromatic heterocycles. The molecule has 1 aliphatic rings. The normalized spacial score (nSPS) is 14.5. The second kappa shape index (κ2) is 8.22. The van der Waals surface area contributed by atoms with E-state index < -0.39 is 0 Å². The van der Waals surface area contributed by atoms with Gasteiger partial charge in [-0.05, 0) is 29.9 Å². The number of nitrogens with one attached hydrogen (secondary N) is 3. The average molecular weight is 344 g/mol. The number of para-hydroxylation sites is 1. The molecule has 0 spiro atoms. The third-order valence-electron chi connectivity index (χ3n) is 4.43. The number of rotatable bonds is 5. The lowest BCUT2D eigenvalue weighted by Gasteiger charge is -2.16. The zero-order valence-corrected chi connectivity index (χ0v) is 14.5. The molecular weight excluding hydrogens is 321 g/mol. The van der Waals surface area contributed by atoms with Crippen molar-refractivity contribution in [1.82, 2.24) is 5.32 Å². The van der Waals surface area contributed by atoms with E-state index in [1.165, 1.54) is 43.1 Å². The van der Waals surface area contributed by atoms with Crippen LogP contribution in [-0.4, -0.2) is 18.2 Å². The van der Waals surface area contributed by atoms with Gasteiger partial charge in [-0.3, -0.25) is 0 Å². The molecule has 3 rings (SSSR count). The van der Waals surface area contributed by atoms with Crippen molar-refractivity contribution in [1.29, 1.82) is 0 Å². The summed E-state index contributed by atoms with van der Waals surface area (Å²) >= 11 is 5.29. The van der Waals surface area contributed by atoms with Crippen LogP contribution in [0.5, 0.6) is 0 Å². The van der Waals surface area contributed by atoms with E-state index in [2.05, 4.69) is 28.8 Å². The summed E-state index contributed by atoms with van der Waals surface area (Å²) in [4.78, 5) is 1.65. The highest BCUT2D eigenvalue weighted by molar-refractivity contribution is 7.80. The minimum absolute atomic E-state index is 0.306. The zero-order valence-electron chi connectivity index (χ0n) is 13.6. The van der Waals surface area contributed by atoms with Crippen LogP contribution in [-0.2, 0) is 13.1 Å². The van der Waals surface area contributed by atoms with Crippen molar-refractivity contribution in [3.05, 3.63) is 65.5 Å². The summed E-state index contributed by atoms with van der Waals surface area (Å²) in [5.41, 5.74) is 3.00. The SMILES string of the molecule is Fc1ccccc1NC(=S)NCc1ccccc1C[NH+]1CCCC1. The molecule has 3 N–H and O–H groups in total. The third-order valence-corrected chi connectivity index (χ3v) is 4.68. The summed E-state index contributed by atoms with van der Waals surface area (Å²) in [5.74, 6) is -0.306. The van der Waals surface area contributed by atoms with Gasteiger partial charge in [-0.1, -0.05) is 36.4 Å². The van der Waals surface area contributed by atoms with Crippen LogP contribution in [0.15, 0.2) is 48.5 Å². The van der Waals surface area contributed by atoms with Gasteiger partial charge in [0.2, 0.25) is 0 Å². The van der Waals surface area contributed by atoms with Crippen LogP contribution >= 0.6 is 12.2 Å². The first-order valence-corrected chi connectivity index (χ1v) is 8.83. The summed E-state index contributed by atoms with van der Waals surface area (Å²) in [6.45, 7) is 4.22. The molecule has 0 aliphatic carbocycles. The molecular formula is C19H23FN3S+. The van der Waals surface area contributed by atoms with Crippen LogP contribution in [0.4, 0.5) is 10.1 Å². The Morgan fingerprint density at radius 2 is 1.67 bits per heavy atom. The fraction of sp³-hybridized carbons (Fsp3) is 0.316. The maximum atomic E-state index is 13.7. The van der Waals surface area contributed by atoms with Crippen molar-refractivity contribution < 1.29 is 9.29 Å². The predicted molar refractivity (Wildman–Crippen MR) is 99.5 cm³/mol. The molecule has 0 atom stereocenters. The first-order valence-electron chi connectivity index (χ1n) is 8.42. The Balaban J connectivity index is 1.58. The molecule has 24 heavy (non-hydrogen) atoms. The van der Waals surface area contributed by atoms with E-state index in [1.807, 2.05) is 6.07 Å². The third kappa shape index (κ3) is 4.52. The second-order valence-corrected chi connectivity index (χ2v) is 6.60. The van der Waals surface area contributed by atoms with E-state index in [1.54, 1.807) is 23.1 Å². The van der Waals surface area contributed by atoms with Gasteiger partial charge in [0.25, 0.3) is 0 Å². The van der Waals surface area contributed by atoms with Crippen molar-refractivity contribution >= 4 is 23.0 Å². The Hall–Kier alpha value is -1.98. The lowest BCUT2D eigenvalue weighted by molar-refractivity contribution is -0.901. The average Bonchev–Trinajstić information content (AvgIpc) is 3.09. The van der Waals surface area contributed by atoms with E-state index in [4.69, 9.17) is 12.2 Å². The maximum absolute atomic E-state index is 13.7. The summed E-state index contributed by atoms with van der Waals surface area (Å²) in [6.07, 6.45) is 2.65. The number of hydrogen-bond acceptors (Lipinski definition) is 1. The van der Waals surface area contributed by atoms with Crippen molar-refractivity contribution in [3.63, 3.8) is 0 Å². The lowest BCUT2D eigenvalue weighted by atomic mass is 10.1. The summed E-state index contributed by atoms with van der Waals surface area (Å²) in [6, 6.07) is 15.0. The Bertz CT molecular complexity index is 699. The van der Waals surface area contributed by atoms with E-state index in [-0.39, 0.29) is 5.82 Å².